The van der Waals surface area contributed by atoms with E-state index >= 15 is 0 Å². The van der Waals surface area contributed by atoms with Crippen molar-refractivity contribution in [3.8, 4) is 0 Å². The summed E-state index contributed by atoms with van der Waals surface area (Å²) in [5.41, 5.74) is 6.88. The van der Waals surface area contributed by atoms with E-state index in [9.17, 15) is 4.79 Å². The van der Waals surface area contributed by atoms with Gasteiger partial charge in [-0.15, -0.1) is 0 Å². The van der Waals surface area contributed by atoms with E-state index in [0.717, 1.165) is 5.56 Å². The van der Waals surface area contributed by atoms with Crippen LogP contribution in [-0.4, -0.2) is 36.5 Å². The topological polar surface area (TPSA) is 55.6 Å². The molecule has 1 heterocycles. The number of carbonyl (C=O) groups is 1. The van der Waals surface area contributed by atoms with Crippen LogP contribution in [0.25, 0.3) is 0 Å². The second-order valence-corrected chi connectivity index (χ2v) is 6.02. The molecule has 2 N–H and O–H groups in total. The number of hydrogen-bond donors (Lipinski definition) is 1. The average molecular weight is 307 g/mol. The molecule has 3 unspecified atom stereocenters. The zero-order valence-electron chi connectivity index (χ0n) is 11.7. The van der Waals surface area contributed by atoms with Crippen LogP contribution in [0.3, 0.4) is 0 Å². The molecule has 0 radical (unpaired) electrons. The van der Waals surface area contributed by atoms with E-state index in [1.165, 1.54) is 0 Å². The number of nitrogens with two attached hydrogens (primary N) is 1. The van der Waals surface area contributed by atoms with Crippen molar-refractivity contribution in [1.82, 2.24) is 4.90 Å². The Morgan fingerprint density at radius 3 is 2.71 bits per heavy atom. The average Bonchev–Trinajstić information content (AvgIpc) is 2.94. The first kappa shape index (κ1) is 14.6. The maximum Gasteiger partial charge on any atom is 0.229 e. The molecule has 1 aliphatic heterocycles. The highest BCUT2D eigenvalue weighted by atomic mass is 35.5. The Morgan fingerprint density at radius 1 is 1.29 bits per heavy atom. The van der Waals surface area contributed by atoms with Crippen LogP contribution in [0.5, 0.6) is 0 Å². The molecule has 1 saturated heterocycles. The van der Waals surface area contributed by atoms with E-state index in [2.05, 4.69) is 0 Å². The predicted molar refractivity (Wildman–Crippen MR) is 81.9 cm³/mol. The number of morpholine rings is 1. The van der Waals surface area contributed by atoms with E-state index in [1.54, 1.807) is 0 Å². The molecule has 0 spiro atoms. The third kappa shape index (κ3) is 3.28. The molecule has 21 heavy (non-hydrogen) atoms. The van der Waals surface area contributed by atoms with Gasteiger partial charge in [0.2, 0.25) is 5.91 Å². The van der Waals surface area contributed by atoms with E-state index in [4.69, 9.17) is 22.1 Å². The fourth-order valence-corrected chi connectivity index (χ4v) is 3.00. The zero-order valence-corrected chi connectivity index (χ0v) is 12.5. The molecule has 2 aliphatic rings. The minimum atomic E-state index is -0.0842. The van der Waals surface area contributed by atoms with E-state index in [0.29, 0.717) is 31.1 Å². The van der Waals surface area contributed by atoms with Crippen LogP contribution >= 0.6 is 11.6 Å². The molecular formula is C16H19ClN2O2. The lowest BCUT2D eigenvalue weighted by Gasteiger charge is -2.34. The first-order valence-corrected chi connectivity index (χ1v) is 7.61. The molecule has 1 aromatic carbocycles. The molecule has 0 saturated carbocycles. The number of nitrogens with zero attached hydrogens (tertiary/aromatic N) is 1. The van der Waals surface area contributed by atoms with Crippen molar-refractivity contribution in [2.45, 2.75) is 18.6 Å². The van der Waals surface area contributed by atoms with Gasteiger partial charge in [0.15, 0.2) is 0 Å². The molecule has 1 amide bonds. The fraction of sp³-hybridized carbons (Fsp3) is 0.438. The minimum Gasteiger partial charge on any atom is -0.370 e. The van der Waals surface area contributed by atoms with Gasteiger partial charge in [0.1, 0.15) is 6.10 Å². The van der Waals surface area contributed by atoms with Crippen LogP contribution in [0.1, 0.15) is 18.1 Å². The Labute approximate surface area is 129 Å². The number of benzene rings is 1. The number of rotatable bonds is 2. The standard InChI is InChI=1S/C16H19ClN2O2/c17-13-4-1-11(2-5-13)15-10-19(7-8-21-15)16(20)12-3-6-14(18)9-12/h1-6,12,14-15H,7-10,18H2. The van der Waals surface area contributed by atoms with Crippen LogP contribution in [-0.2, 0) is 9.53 Å². The first-order valence-electron chi connectivity index (χ1n) is 7.23. The highest BCUT2D eigenvalue weighted by Gasteiger charge is 2.31. The number of halogens is 1. The van der Waals surface area contributed by atoms with Crippen molar-refractivity contribution >= 4 is 17.5 Å². The number of ether oxygens (including phenoxy) is 1. The third-order valence-corrected chi connectivity index (χ3v) is 4.31. The fourth-order valence-electron chi connectivity index (χ4n) is 2.87. The summed E-state index contributed by atoms with van der Waals surface area (Å²) in [6.45, 7) is 1.78. The van der Waals surface area contributed by atoms with Crippen molar-refractivity contribution in [1.29, 1.82) is 0 Å². The van der Waals surface area contributed by atoms with Gasteiger partial charge in [0.25, 0.3) is 0 Å². The van der Waals surface area contributed by atoms with Crippen LogP contribution in [0.2, 0.25) is 5.02 Å². The SMILES string of the molecule is NC1C=CC(C(=O)N2CCOC(c3ccc(Cl)cc3)C2)C1. The molecule has 112 valence electrons. The van der Waals surface area contributed by atoms with Gasteiger partial charge in [0.05, 0.1) is 19.1 Å². The molecule has 3 atom stereocenters. The van der Waals surface area contributed by atoms with Gasteiger partial charge in [-0.3, -0.25) is 4.79 Å². The second kappa shape index (κ2) is 6.18. The van der Waals surface area contributed by atoms with Gasteiger partial charge in [0, 0.05) is 17.6 Å². The molecule has 1 fully saturated rings. The van der Waals surface area contributed by atoms with Crippen LogP contribution in [0.4, 0.5) is 0 Å². The summed E-state index contributed by atoms with van der Waals surface area (Å²) in [6.07, 6.45) is 4.47. The monoisotopic (exact) mass is 306 g/mol. The summed E-state index contributed by atoms with van der Waals surface area (Å²) in [7, 11) is 0. The number of carbonyl (C=O) groups excluding carboxylic acids is 1. The van der Waals surface area contributed by atoms with E-state index in [1.807, 2.05) is 41.3 Å². The summed E-state index contributed by atoms with van der Waals surface area (Å²) < 4.78 is 5.79. The van der Waals surface area contributed by atoms with Crippen molar-refractivity contribution in [3.63, 3.8) is 0 Å². The zero-order chi connectivity index (χ0) is 14.8. The van der Waals surface area contributed by atoms with Gasteiger partial charge in [-0.2, -0.15) is 0 Å². The van der Waals surface area contributed by atoms with Gasteiger partial charge < -0.3 is 15.4 Å². The molecule has 4 nitrogen and oxygen atoms in total. The molecule has 0 aromatic heterocycles. The van der Waals surface area contributed by atoms with Crippen molar-refractivity contribution in [2.75, 3.05) is 19.7 Å². The Morgan fingerprint density at radius 2 is 2.05 bits per heavy atom. The predicted octanol–water partition coefficient (Wildman–Crippen LogP) is 2.14. The van der Waals surface area contributed by atoms with Crippen molar-refractivity contribution < 1.29 is 9.53 Å². The molecule has 1 aromatic rings. The molecule has 1 aliphatic carbocycles. The summed E-state index contributed by atoms with van der Waals surface area (Å²) in [4.78, 5) is 14.4. The van der Waals surface area contributed by atoms with Crippen LogP contribution in [0.15, 0.2) is 36.4 Å². The molecular weight excluding hydrogens is 288 g/mol. The quantitative estimate of drug-likeness (QED) is 0.852. The lowest BCUT2D eigenvalue weighted by Crippen LogP contribution is -2.44. The molecule has 5 heteroatoms. The Hall–Kier alpha value is -1.36. The third-order valence-electron chi connectivity index (χ3n) is 4.05. The smallest absolute Gasteiger partial charge is 0.229 e. The van der Waals surface area contributed by atoms with Gasteiger partial charge in [-0.05, 0) is 24.1 Å². The second-order valence-electron chi connectivity index (χ2n) is 5.59. The summed E-state index contributed by atoms with van der Waals surface area (Å²) in [5, 5.41) is 0.701. The van der Waals surface area contributed by atoms with E-state index in [-0.39, 0.29) is 24.0 Å². The summed E-state index contributed by atoms with van der Waals surface area (Å²) in [5.74, 6) is 0.0745. The van der Waals surface area contributed by atoms with Gasteiger partial charge >= 0.3 is 0 Å². The van der Waals surface area contributed by atoms with Gasteiger partial charge in [-0.25, -0.2) is 0 Å². The largest absolute Gasteiger partial charge is 0.370 e. The maximum atomic E-state index is 12.5. The van der Waals surface area contributed by atoms with Gasteiger partial charge in [-0.1, -0.05) is 35.9 Å². The molecule has 3 rings (SSSR count). The lowest BCUT2D eigenvalue weighted by atomic mass is 10.0. The minimum absolute atomic E-state index is 0.00653. The summed E-state index contributed by atoms with van der Waals surface area (Å²) in [6, 6.07) is 7.60. The molecule has 0 bridgehead atoms. The van der Waals surface area contributed by atoms with Crippen LogP contribution < -0.4 is 5.73 Å². The highest BCUT2D eigenvalue weighted by Crippen LogP contribution is 2.26. The number of hydrogen-bond acceptors (Lipinski definition) is 3. The summed E-state index contributed by atoms with van der Waals surface area (Å²) >= 11 is 5.90. The number of amides is 1. The van der Waals surface area contributed by atoms with Crippen LogP contribution in [0, 0.1) is 5.92 Å². The highest BCUT2D eigenvalue weighted by molar-refractivity contribution is 6.30. The normalized spacial score (nSPS) is 28.9. The lowest BCUT2D eigenvalue weighted by molar-refractivity contribution is -0.141. The van der Waals surface area contributed by atoms with Crippen molar-refractivity contribution in [2.24, 2.45) is 11.7 Å². The Bertz CT molecular complexity index is 544. The first-order chi connectivity index (χ1) is 10.1. The Balaban J connectivity index is 1.67. The van der Waals surface area contributed by atoms with Crippen molar-refractivity contribution in [3.05, 3.63) is 47.0 Å². The maximum absolute atomic E-state index is 12.5. The Kier molecular flexibility index (Phi) is 4.29. The van der Waals surface area contributed by atoms with E-state index < -0.39 is 0 Å².